The summed E-state index contributed by atoms with van der Waals surface area (Å²) in [5.74, 6) is -0.612. The van der Waals surface area contributed by atoms with Crippen LogP contribution >= 0.6 is 12.2 Å². The van der Waals surface area contributed by atoms with Gasteiger partial charge in [0.2, 0.25) is 0 Å². The third-order valence-corrected chi connectivity index (χ3v) is 4.34. The largest absolute Gasteiger partial charge is 0.465 e. The van der Waals surface area contributed by atoms with Gasteiger partial charge in [-0.25, -0.2) is 9.78 Å². The number of pyridine rings is 1. The molecule has 1 aromatic carbocycles. The predicted octanol–water partition coefficient (Wildman–Crippen LogP) is 3.40. The van der Waals surface area contributed by atoms with Gasteiger partial charge in [0.25, 0.3) is 5.56 Å². The van der Waals surface area contributed by atoms with Crippen molar-refractivity contribution in [3.8, 4) is 11.3 Å². The number of nitrogens with zero attached hydrogens (tertiary/aromatic N) is 2. The van der Waals surface area contributed by atoms with Crippen LogP contribution in [-0.4, -0.2) is 27.6 Å². The molecule has 132 valence electrons. The van der Waals surface area contributed by atoms with Gasteiger partial charge in [0.1, 0.15) is 5.65 Å². The number of rotatable bonds is 4. The number of methoxy groups -OCH3 is 1. The number of hydrogen-bond donors (Lipinski definition) is 1. The molecule has 3 aromatic rings. The Morgan fingerprint density at radius 3 is 2.69 bits per heavy atom. The Morgan fingerprint density at radius 1 is 1.38 bits per heavy atom. The summed E-state index contributed by atoms with van der Waals surface area (Å²) < 4.78 is 6.71. The first-order chi connectivity index (χ1) is 12.5. The maximum absolute atomic E-state index is 12.5. The topological polar surface area (TPSA) is 77.0 Å². The van der Waals surface area contributed by atoms with Crippen LogP contribution in [-0.2, 0) is 11.3 Å². The van der Waals surface area contributed by atoms with Crippen LogP contribution in [0.25, 0.3) is 22.3 Å². The second-order valence-electron chi connectivity index (χ2n) is 5.77. The van der Waals surface area contributed by atoms with Gasteiger partial charge in [0.05, 0.1) is 23.8 Å². The molecule has 0 aliphatic heterocycles. The molecule has 0 radical (unpaired) electrons. The number of fused-ring (bicyclic) bond motifs is 1. The van der Waals surface area contributed by atoms with E-state index in [9.17, 15) is 9.59 Å². The van der Waals surface area contributed by atoms with Crippen LogP contribution in [0.5, 0.6) is 0 Å². The lowest BCUT2D eigenvalue weighted by Crippen LogP contribution is -2.19. The Hall–Kier alpha value is -3.06. The number of carbonyl (C=O) groups excluding carboxylic acids is 1. The number of benzene rings is 1. The molecule has 26 heavy (non-hydrogen) atoms. The van der Waals surface area contributed by atoms with Crippen LogP contribution in [0.15, 0.2) is 47.8 Å². The maximum atomic E-state index is 12.5. The van der Waals surface area contributed by atoms with Gasteiger partial charge in [0.15, 0.2) is 4.77 Å². The highest BCUT2D eigenvalue weighted by Gasteiger charge is 2.19. The van der Waals surface area contributed by atoms with Crippen molar-refractivity contribution in [2.24, 2.45) is 0 Å². The molecule has 6 nitrogen and oxygen atoms in total. The molecule has 3 rings (SSSR count). The summed E-state index contributed by atoms with van der Waals surface area (Å²) in [5, 5.41) is 0.142. The number of esters is 1. The highest BCUT2D eigenvalue weighted by atomic mass is 32.1. The minimum atomic E-state index is -0.612. The molecule has 2 heterocycles. The average Bonchev–Trinajstić information content (AvgIpc) is 2.64. The third-order valence-electron chi connectivity index (χ3n) is 4.01. The van der Waals surface area contributed by atoms with E-state index in [-0.39, 0.29) is 15.7 Å². The summed E-state index contributed by atoms with van der Waals surface area (Å²) in [6, 6.07) is 9.28. The summed E-state index contributed by atoms with van der Waals surface area (Å²) in [4.78, 5) is 32.0. The van der Waals surface area contributed by atoms with Crippen molar-refractivity contribution in [3.05, 3.63) is 69.2 Å². The molecule has 0 saturated heterocycles. The zero-order chi connectivity index (χ0) is 18.8. The monoisotopic (exact) mass is 367 g/mol. The standard InChI is InChI=1S/C19H17N3O3S/c1-4-9-22-16-15(17(23)21-19(22)26)13(18(24)25-3)10-14(20-16)12-7-5-11(2)6-8-12/h4-8,10H,1,9H2,2-3H3,(H,21,23,26). The van der Waals surface area contributed by atoms with Crippen LogP contribution in [0, 0.1) is 11.7 Å². The van der Waals surface area contributed by atoms with E-state index >= 15 is 0 Å². The second kappa shape index (κ2) is 7.05. The first-order valence-corrected chi connectivity index (χ1v) is 8.31. The molecule has 0 amide bonds. The fraction of sp³-hybridized carbons (Fsp3) is 0.158. The Kier molecular flexibility index (Phi) is 4.81. The van der Waals surface area contributed by atoms with Crippen molar-refractivity contribution in [1.29, 1.82) is 0 Å². The Morgan fingerprint density at radius 2 is 2.08 bits per heavy atom. The lowest BCUT2D eigenvalue weighted by Gasteiger charge is -2.12. The zero-order valence-electron chi connectivity index (χ0n) is 14.4. The molecule has 1 N–H and O–H groups in total. The van der Waals surface area contributed by atoms with Crippen molar-refractivity contribution in [2.75, 3.05) is 7.11 Å². The Balaban J connectivity index is 2.45. The van der Waals surface area contributed by atoms with Gasteiger partial charge in [0, 0.05) is 12.1 Å². The van der Waals surface area contributed by atoms with Gasteiger partial charge >= 0.3 is 5.97 Å². The number of H-pyrrole nitrogens is 1. The van der Waals surface area contributed by atoms with E-state index in [4.69, 9.17) is 17.0 Å². The van der Waals surface area contributed by atoms with Gasteiger partial charge in [-0.15, -0.1) is 6.58 Å². The zero-order valence-corrected chi connectivity index (χ0v) is 15.2. The number of allylic oxidation sites excluding steroid dienone is 1. The predicted molar refractivity (Wildman–Crippen MR) is 103 cm³/mol. The molecule has 7 heteroatoms. The van der Waals surface area contributed by atoms with E-state index in [1.807, 2.05) is 31.2 Å². The van der Waals surface area contributed by atoms with Crippen molar-refractivity contribution in [2.45, 2.75) is 13.5 Å². The summed E-state index contributed by atoms with van der Waals surface area (Å²) in [6.45, 7) is 6.04. The fourth-order valence-corrected chi connectivity index (χ4v) is 2.97. The lowest BCUT2D eigenvalue weighted by molar-refractivity contribution is 0.0603. The molecule has 0 aliphatic rings. The molecule has 0 atom stereocenters. The number of hydrogen-bond acceptors (Lipinski definition) is 5. The Labute approximate surface area is 154 Å². The van der Waals surface area contributed by atoms with Crippen LogP contribution in [0.3, 0.4) is 0 Å². The molecular weight excluding hydrogens is 350 g/mol. The number of carbonyl (C=O) groups is 1. The van der Waals surface area contributed by atoms with Gasteiger partial charge < -0.3 is 4.74 Å². The number of nitrogens with one attached hydrogen (secondary N) is 1. The van der Waals surface area contributed by atoms with Crippen LogP contribution in [0.2, 0.25) is 0 Å². The molecule has 0 fully saturated rings. The summed E-state index contributed by atoms with van der Waals surface area (Å²) in [5.41, 5.74) is 2.45. The molecule has 0 unspecified atom stereocenters. The Bertz CT molecular complexity index is 1130. The minimum absolute atomic E-state index is 0.141. The van der Waals surface area contributed by atoms with E-state index in [2.05, 4.69) is 16.5 Å². The van der Waals surface area contributed by atoms with Gasteiger partial charge in [-0.1, -0.05) is 35.9 Å². The molecule has 0 aliphatic carbocycles. The van der Waals surface area contributed by atoms with Crippen molar-refractivity contribution < 1.29 is 9.53 Å². The first-order valence-electron chi connectivity index (χ1n) is 7.90. The van der Waals surface area contributed by atoms with Crippen LogP contribution in [0.1, 0.15) is 15.9 Å². The molecule has 0 saturated carbocycles. The van der Waals surface area contributed by atoms with Gasteiger partial charge in [-0.3, -0.25) is 14.3 Å². The third kappa shape index (κ3) is 3.09. The van der Waals surface area contributed by atoms with Crippen molar-refractivity contribution >= 4 is 29.2 Å². The maximum Gasteiger partial charge on any atom is 0.338 e. The number of aryl methyl sites for hydroxylation is 1. The molecule has 2 aromatic heterocycles. The van der Waals surface area contributed by atoms with E-state index in [1.165, 1.54) is 7.11 Å². The normalized spacial score (nSPS) is 10.7. The first kappa shape index (κ1) is 17.8. The summed E-state index contributed by atoms with van der Waals surface area (Å²) in [7, 11) is 1.27. The highest BCUT2D eigenvalue weighted by Crippen LogP contribution is 2.24. The summed E-state index contributed by atoms with van der Waals surface area (Å²) in [6.07, 6.45) is 1.64. The van der Waals surface area contributed by atoms with E-state index in [0.29, 0.717) is 17.9 Å². The van der Waals surface area contributed by atoms with Crippen LogP contribution < -0.4 is 5.56 Å². The fourth-order valence-electron chi connectivity index (χ4n) is 2.72. The summed E-state index contributed by atoms with van der Waals surface area (Å²) >= 11 is 5.25. The SMILES string of the molecule is C=CCn1c(=S)[nH]c(=O)c2c(C(=O)OC)cc(-c3ccc(C)cc3)nc21. The van der Waals surface area contributed by atoms with E-state index in [1.54, 1.807) is 16.7 Å². The van der Waals surface area contributed by atoms with Crippen molar-refractivity contribution in [1.82, 2.24) is 14.5 Å². The van der Waals surface area contributed by atoms with E-state index < -0.39 is 11.5 Å². The molecule has 0 spiro atoms. The molecular formula is C19H17N3O3S. The number of aromatic amines is 1. The molecule has 0 bridgehead atoms. The smallest absolute Gasteiger partial charge is 0.338 e. The minimum Gasteiger partial charge on any atom is -0.465 e. The second-order valence-corrected chi connectivity index (χ2v) is 6.16. The van der Waals surface area contributed by atoms with E-state index in [0.717, 1.165) is 11.1 Å². The quantitative estimate of drug-likeness (QED) is 0.434. The lowest BCUT2D eigenvalue weighted by atomic mass is 10.1. The average molecular weight is 367 g/mol. The van der Waals surface area contributed by atoms with Gasteiger partial charge in [-0.05, 0) is 25.2 Å². The van der Waals surface area contributed by atoms with Gasteiger partial charge in [-0.2, -0.15) is 0 Å². The number of aromatic nitrogens is 3. The van der Waals surface area contributed by atoms with Crippen molar-refractivity contribution in [3.63, 3.8) is 0 Å². The number of ether oxygens (including phenoxy) is 1. The van der Waals surface area contributed by atoms with Crippen LogP contribution in [0.4, 0.5) is 0 Å². The highest BCUT2D eigenvalue weighted by molar-refractivity contribution is 7.71.